The van der Waals surface area contributed by atoms with Crippen LogP contribution in [0.15, 0.2) is 28.8 Å². The quantitative estimate of drug-likeness (QED) is 0.220. The number of amides is 3. The Morgan fingerprint density at radius 2 is 1.97 bits per heavy atom. The van der Waals surface area contributed by atoms with Gasteiger partial charge in [-0.15, -0.1) is 0 Å². The maximum atomic E-state index is 12.3. The van der Waals surface area contributed by atoms with Crippen LogP contribution in [0.3, 0.4) is 0 Å². The fraction of sp³-hybridized carbons (Fsp3) is 0.294. The standard InChI is InChI=1S/C17H21ClN8O7/c18-8-3-7(23-17(32)25-10-5-33-6-22-16(20)26-13(10)19)4-21-12(8)14(29)24-9(15(30)31)1-2-11(27)28/h3-4,9H,1-2,5-6,19H2,(H,24,29)(H,27,28)(H,30,31)(H3,20,22,26)(H2,23,25,32)/b13-10+/t9-/m0/s1. The van der Waals surface area contributed by atoms with Crippen molar-refractivity contribution in [2.24, 2.45) is 16.5 Å². The summed E-state index contributed by atoms with van der Waals surface area (Å²) in [6.07, 6.45) is 0.322. The Morgan fingerprint density at radius 3 is 2.61 bits per heavy atom. The number of aromatic nitrogens is 1. The number of aliphatic imine (C=N–C) groups is 1. The van der Waals surface area contributed by atoms with Crippen LogP contribution in [0.25, 0.3) is 0 Å². The molecule has 1 aliphatic rings. The van der Waals surface area contributed by atoms with Crippen molar-refractivity contribution in [1.29, 1.82) is 0 Å². The van der Waals surface area contributed by atoms with Crippen molar-refractivity contribution in [1.82, 2.24) is 20.9 Å². The van der Waals surface area contributed by atoms with Gasteiger partial charge in [0.05, 0.1) is 29.2 Å². The SMILES string of the molecule is NC1=NCOC/C(NC(=O)Nc2cnc(C(=O)N[C@@H](CCC(=O)O)C(=O)O)c(Cl)c2)=C(/N)N1. The highest BCUT2D eigenvalue weighted by atomic mass is 35.5. The van der Waals surface area contributed by atoms with Crippen molar-refractivity contribution >= 4 is 47.1 Å². The molecular weight excluding hydrogens is 464 g/mol. The minimum Gasteiger partial charge on any atom is -0.481 e. The first kappa shape index (κ1) is 25.2. The number of carbonyl (C=O) groups excluding carboxylic acids is 2. The van der Waals surface area contributed by atoms with Gasteiger partial charge in [-0.1, -0.05) is 11.6 Å². The monoisotopic (exact) mass is 484 g/mol. The minimum absolute atomic E-state index is 0.00449. The van der Waals surface area contributed by atoms with Crippen LogP contribution < -0.4 is 32.7 Å². The van der Waals surface area contributed by atoms with E-state index in [1.165, 1.54) is 6.07 Å². The highest BCUT2D eigenvalue weighted by molar-refractivity contribution is 6.33. The predicted molar refractivity (Wildman–Crippen MR) is 114 cm³/mol. The van der Waals surface area contributed by atoms with Gasteiger partial charge in [0.25, 0.3) is 5.91 Å². The molecular formula is C17H21ClN8O7. The molecule has 3 amide bonds. The van der Waals surface area contributed by atoms with Gasteiger partial charge in [-0.05, 0) is 12.5 Å². The summed E-state index contributed by atoms with van der Waals surface area (Å²) in [6, 6.07) is -0.970. The van der Waals surface area contributed by atoms with Gasteiger partial charge in [0, 0.05) is 6.42 Å². The van der Waals surface area contributed by atoms with E-state index >= 15 is 0 Å². The van der Waals surface area contributed by atoms with Gasteiger partial charge in [-0.2, -0.15) is 0 Å². The fourth-order valence-corrected chi connectivity index (χ4v) is 2.67. The highest BCUT2D eigenvalue weighted by Gasteiger charge is 2.24. The molecule has 16 heteroatoms. The minimum atomic E-state index is -1.45. The van der Waals surface area contributed by atoms with Crippen LogP contribution in [-0.4, -0.2) is 64.4 Å². The number of anilines is 1. The number of halogens is 1. The van der Waals surface area contributed by atoms with Gasteiger partial charge in [0.1, 0.15) is 24.3 Å². The summed E-state index contributed by atoms with van der Waals surface area (Å²) < 4.78 is 5.18. The van der Waals surface area contributed by atoms with Gasteiger partial charge >= 0.3 is 18.0 Å². The Labute approximate surface area is 191 Å². The second-order valence-corrected chi connectivity index (χ2v) is 6.88. The molecule has 0 aliphatic carbocycles. The molecule has 0 spiro atoms. The van der Waals surface area contributed by atoms with Gasteiger partial charge in [0.15, 0.2) is 5.96 Å². The van der Waals surface area contributed by atoms with Crippen molar-refractivity contribution in [2.75, 3.05) is 18.7 Å². The van der Waals surface area contributed by atoms with E-state index in [9.17, 15) is 19.2 Å². The van der Waals surface area contributed by atoms with E-state index in [2.05, 4.69) is 31.2 Å². The summed E-state index contributed by atoms with van der Waals surface area (Å²) in [5.41, 5.74) is 11.3. The molecule has 2 rings (SSSR count). The molecule has 33 heavy (non-hydrogen) atoms. The number of hydrogen-bond donors (Lipinski definition) is 8. The van der Waals surface area contributed by atoms with E-state index < -0.39 is 36.3 Å². The van der Waals surface area contributed by atoms with Crippen molar-refractivity contribution in [2.45, 2.75) is 18.9 Å². The third-order valence-electron chi connectivity index (χ3n) is 3.99. The van der Waals surface area contributed by atoms with Gasteiger partial charge < -0.3 is 47.7 Å². The lowest BCUT2D eigenvalue weighted by Gasteiger charge is -2.17. The van der Waals surface area contributed by atoms with Crippen molar-refractivity contribution in [3.8, 4) is 0 Å². The summed E-state index contributed by atoms with van der Waals surface area (Å²) in [5, 5.41) is 27.3. The topological polar surface area (TPSA) is 243 Å². The molecule has 0 fully saturated rings. The first-order valence-corrected chi connectivity index (χ1v) is 9.57. The second-order valence-electron chi connectivity index (χ2n) is 6.47. The van der Waals surface area contributed by atoms with Gasteiger partial charge in [0.2, 0.25) is 0 Å². The third kappa shape index (κ3) is 7.82. The Morgan fingerprint density at radius 1 is 1.24 bits per heavy atom. The number of guanidine groups is 1. The number of pyridine rings is 1. The highest BCUT2D eigenvalue weighted by Crippen LogP contribution is 2.19. The number of nitrogens with two attached hydrogens (primary N) is 2. The summed E-state index contributed by atoms with van der Waals surface area (Å²) in [7, 11) is 0. The zero-order valence-electron chi connectivity index (χ0n) is 16.9. The first-order valence-electron chi connectivity index (χ1n) is 9.19. The van der Waals surface area contributed by atoms with E-state index in [1.54, 1.807) is 0 Å². The molecule has 1 aromatic heterocycles. The van der Waals surface area contributed by atoms with E-state index in [0.717, 1.165) is 6.20 Å². The third-order valence-corrected chi connectivity index (χ3v) is 4.28. The number of hydrogen-bond acceptors (Lipinski definition) is 10. The normalized spacial score (nSPS) is 16.8. The van der Waals surface area contributed by atoms with Crippen LogP contribution in [-0.2, 0) is 14.3 Å². The molecule has 0 aromatic carbocycles. The van der Waals surface area contributed by atoms with Crippen molar-refractivity contribution in [3.63, 3.8) is 0 Å². The molecule has 0 radical (unpaired) electrons. The zero-order valence-corrected chi connectivity index (χ0v) is 17.7. The number of aliphatic carboxylic acids is 2. The van der Waals surface area contributed by atoms with Crippen LogP contribution in [0.2, 0.25) is 5.02 Å². The smallest absolute Gasteiger partial charge is 0.326 e. The lowest BCUT2D eigenvalue weighted by Crippen LogP contribution is -2.41. The molecule has 10 N–H and O–H groups in total. The molecule has 15 nitrogen and oxygen atoms in total. The number of carboxylic acids is 2. The maximum absolute atomic E-state index is 12.3. The number of nitrogens with one attached hydrogen (secondary N) is 4. The fourth-order valence-electron chi connectivity index (χ4n) is 2.42. The van der Waals surface area contributed by atoms with Gasteiger partial charge in [-0.25, -0.2) is 19.6 Å². The Hall–Kier alpha value is -4.11. The van der Waals surface area contributed by atoms with E-state index in [-0.39, 0.29) is 53.6 Å². The van der Waals surface area contributed by atoms with Crippen LogP contribution in [0.5, 0.6) is 0 Å². The molecule has 0 saturated carbocycles. The Balaban J connectivity index is 2.03. The molecule has 2 heterocycles. The number of nitrogens with zero attached hydrogens (tertiary/aromatic N) is 2. The summed E-state index contributed by atoms with van der Waals surface area (Å²) in [5.74, 6) is -3.53. The Bertz CT molecular complexity index is 1010. The molecule has 1 aliphatic heterocycles. The van der Waals surface area contributed by atoms with E-state index in [1.807, 2.05) is 0 Å². The largest absolute Gasteiger partial charge is 0.481 e. The molecule has 0 saturated heterocycles. The first-order chi connectivity index (χ1) is 15.6. The van der Waals surface area contributed by atoms with Crippen molar-refractivity contribution < 1.29 is 34.1 Å². The predicted octanol–water partition coefficient (Wildman–Crippen LogP) is -1.08. The van der Waals surface area contributed by atoms with Gasteiger partial charge in [-0.3, -0.25) is 9.59 Å². The average molecular weight is 485 g/mol. The lowest BCUT2D eigenvalue weighted by molar-refractivity contribution is -0.140. The number of urea groups is 1. The summed E-state index contributed by atoms with van der Waals surface area (Å²) >= 11 is 6.05. The Kier molecular flexibility index (Phi) is 8.76. The van der Waals surface area contributed by atoms with Crippen LogP contribution in [0.1, 0.15) is 23.3 Å². The summed E-state index contributed by atoms with van der Waals surface area (Å²) in [6.45, 7) is -0.102. The summed E-state index contributed by atoms with van der Waals surface area (Å²) in [4.78, 5) is 54.1. The molecule has 1 aromatic rings. The molecule has 1 atom stereocenters. The van der Waals surface area contributed by atoms with Crippen molar-refractivity contribution in [3.05, 3.63) is 34.5 Å². The van der Waals surface area contributed by atoms with E-state index in [0.29, 0.717) is 0 Å². The number of rotatable bonds is 8. The van der Waals surface area contributed by atoms with Crippen LogP contribution in [0.4, 0.5) is 10.5 Å². The second kappa shape index (κ2) is 11.5. The number of ether oxygens (including phenoxy) is 1. The molecule has 0 bridgehead atoms. The zero-order chi connectivity index (χ0) is 24.5. The maximum Gasteiger partial charge on any atom is 0.326 e. The van der Waals surface area contributed by atoms with Crippen LogP contribution >= 0.6 is 11.6 Å². The molecule has 178 valence electrons. The van der Waals surface area contributed by atoms with E-state index in [4.69, 9.17) is 38.0 Å². The lowest BCUT2D eigenvalue weighted by atomic mass is 10.1. The van der Waals surface area contributed by atoms with Crippen LogP contribution in [0, 0.1) is 0 Å². The number of carboxylic acid groups (broad SMARTS) is 2. The number of carbonyl (C=O) groups is 4. The molecule has 0 unspecified atom stereocenters. The average Bonchev–Trinajstić information content (AvgIpc) is 2.71.